The molecule has 0 saturated carbocycles. The lowest BCUT2D eigenvalue weighted by molar-refractivity contribution is 0.0702. The first kappa shape index (κ1) is 18.7. The van der Waals surface area contributed by atoms with Crippen LogP contribution in [0.25, 0.3) is 0 Å². The maximum Gasteiger partial charge on any atom is 0.290 e. The molecule has 0 bridgehead atoms. The van der Waals surface area contributed by atoms with Gasteiger partial charge in [0.2, 0.25) is 0 Å². The van der Waals surface area contributed by atoms with Crippen LogP contribution < -0.4 is 4.74 Å². The van der Waals surface area contributed by atoms with Gasteiger partial charge in [0.15, 0.2) is 10.9 Å². The normalized spacial score (nSPS) is 16.5. The summed E-state index contributed by atoms with van der Waals surface area (Å²) in [5.41, 5.74) is 1.13. The molecule has 28 heavy (non-hydrogen) atoms. The van der Waals surface area contributed by atoms with Gasteiger partial charge in [0.05, 0.1) is 18.9 Å². The Balaban J connectivity index is 1.44. The number of carbonyl (C=O) groups is 1. The molecule has 4 rings (SSSR count). The van der Waals surface area contributed by atoms with Crippen LogP contribution in [-0.2, 0) is 12.8 Å². The van der Waals surface area contributed by atoms with E-state index in [0.717, 1.165) is 41.6 Å². The molecule has 0 N–H and O–H groups in total. The molecule has 146 valence electrons. The van der Waals surface area contributed by atoms with Crippen molar-refractivity contribution in [2.24, 2.45) is 7.05 Å². The van der Waals surface area contributed by atoms with Crippen LogP contribution in [0.2, 0.25) is 0 Å². The van der Waals surface area contributed by atoms with E-state index in [4.69, 9.17) is 9.15 Å². The second kappa shape index (κ2) is 8.14. The largest absolute Gasteiger partial charge is 0.497 e. The Bertz CT molecular complexity index is 948. The molecule has 1 aromatic carbocycles. The van der Waals surface area contributed by atoms with Gasteiger partial charge in [0, 0.05) is 26.0 Å². The molecule has 3 heterocycles. The number of rotatable bonds is 6. The van der Waals surface area contributed by atoms with Crippen LogP contribution in [0.3, 0.4) is 0 Å². The lowest BCUT2D eigenvalue weighted by Gasteiger charge is -2.24. The van der Waals surface area contributed by atoms with E-state index in [9.17, 15) is 4.79 Å². The first-order chi connectivity index (χ1) is 13.7. The lowest BCUT2D eigenvalue weighted by atomic mass is 10.0. The molecular formula is C21H23N3O3S. The van der Waals surface area contributed by atoms with Gasteiger partial charge < -0.3 is 18.6 Å². The van der Waals surface area contributed by atoms with Crippen LogP contribution >= 0.6 is 11.8 Å². The van der Waals surface area contributed by atoms with Crippen LogP contribution in [0.4, 0.5) is 0 Å². The maximum atomic E-state index is 13.0. The Morgan fingerprint density at radius 3 is 2.82 bits per heavy atom. The number of imidazole rings is 1. The van der Waals surface area contributed by atoms with E-state index in [2.05, 4.69) is 4.98 Å². The van der Waals surface area contributed by atoms with Gasteiger partial charge in [-0.05, 0) is 42.7 Å². The summed E-state index contributed by atoms with van der Waals surface area (Å²) in [6, 6.07) is 11.7. The molecule has 1 aliphatic rings. The molecule has 1 saturated heterocycles. The van der Waals surface area contributed by atoms with E-state index < -0.39 is 0 Å². The fourth-order valence-corrected chi connectivity index (χ4v) is 4.35. The van der Waals surface area contributed by atoms with Gasteiger partial charge in [-0.1, -0.05) is 23.9 Å². The highest BCUT2D eigenvalue weighted by Crippen LogP contribution is 2.34. The molecular weight excluding hydrogens is 374 g/mol. The minimum absolute atomic E-state index is 0.0495. The van der Waals surface area contributed by atoms with Crippen molar-refractivity contribution in [2.45, 2.75) is 29.8 Å². The number of ether oxygens (including phenoxy) is 1. The highest BCUT2D eigenvalue weighted by Gasteiger charge is 2.32. The quantitative estimate of drug-likeness (QED) is 0.581. The van der Waals surface area contributed by atoms with Crippen LogP contribution in [0.1, 0.15) is 40.8 Å². The van der Waals surface area contributed by atoms with E-state index in [0.29, 0.717) is 11.5 Å². The van der Waals surface area contributed by atoms with Crippen molar-refractivity contribution in [3.63, 3.8) is 0 Å². The number of carbonyl (C=O) groups excluding carboxylic acids is 1. The van der Waals surface area contributed by atoms with Gasteiger partial charge in [-0.25, -0.2) is 4.98 Å². The lowest BCUT2D eigenvalue weighted by Crippen LogP contribution is -2.30. The number of amides is 1. The predicted molar refractivity (Wildman–Crippen MR) is 107 cm³/mol. The number of aryl methyl sites for hydroxylation is 1. The molecule has 3 aromatic rings. The topological polar surface area (TPSA) is 60.5 Å². The second-order valence-electron chi connectivity index (χ2n) is 6.81. The third-order valence-electron chi connectivity index (χ3n) is 5.01. The molecule has 1 atom stereocenters. The smallest absolute Gasteiger partial charge is 0.290 e. The number of hydrogen-bond acceptors (Lipinski definition) is 5. The number of benzene rings is 1. The fraction of sp³-hybridized carbons (Fsp3) is 0.333. The number of methoxy groups -OCH3 is 1. The zero-order chi connectivity index (χ0) is 19.5. The van der Waals surface area contributed by atoms with Gasteiger partial charge in [0.1, 0.15) is 11.5 Å². The van der Waals surface area contributed by atoms with Gasteiger partial charge in [-0.15, -0.1) is 0 Å². The van der Waals surface area contributed by atoms with Crippen molar-refractivity contribution in [1.82, 2.24) is 14.5 Å². The molecule has 1 unspecified atom stereocenters. The third-order valence-corrected chi connectivity index (χ3v) is 6.09. The highest BCUT2D eigenvalue weighted by molar-refractivity contribution is 7.98. The number of furan rings is 1. The summed E-state index contributed by atoms with van der Waals surface area (Å²) in [5.74, 6) is 2.58. The summed E-state index contributed by atoms with van der Waals surface area (Å²) in [5, 5.41) is 0.920. The molecule has 6 nitrogen and oxygen atoms in total. The number of nitrogens with zero attached hydrogens (tertiary/aromatic N) is 3. The van der Waals surface area contributed by atoms with Crippen molar-refractivity contribution >= 4 is 17.7 Å². The summed E-state index contributed by atoms with van der Waals surface area (Å²) in [6.07, 6.45) is 5.63. The van der Waals surface area contributed by atoms with Crippen molar-refractivity contribution in [3.8, 4) is 5.75 Å². The summed E-state index contributed by atoms with van der Waals surface area (Å²) < 4.78 is 13.0. The number of hydrogen-bond donors (Lipinski definition) is 0. The Labute approximate surface area is 168 Å². The monoisotopic (exact) mass is 397 g/mol. The summed E-state index contributed by atoms with van der Waals surface area (Å²) in [7, 11) is 3.61. The highest BCUT2D eigenvalue weighted by atomic mass is 32.2. The maximum absolute atomic E-state index is 13.0. The average molecular weight is 398 g/mol. The second-order valence-corrected chi connectivity index (χ2v) is 7.75. The number of likely N-dealkylation sites (tertiary alicyclic amines) is 1. The van der Waals surface area contributed by atoms with Crippen LogP contribution in [0.15, 0.2) is 58.4 Å². The first-order valence-corrected chi connectivity index (χ1v) is 10.3. The van der Waals surface area contributed by atoms with Gasteiger partial charge in [-0.2, -0.15) is 0 Å². The first-order valence-electron chi connectivity index (χ1n) is 9.29. The summed E-state index contributed by atoms with van der Waals surface area (Å²) in [4.78, 5) is 19.2. The molecule has 7 heteroatoms. The van der Waals surface area contributed by atoms with Crippen molar-refractivity contribution in [2.75, 3.05) is 13.7 Å². The van der Waals surface area contributed by atoms with E-state index >= 15 is 0 Å². The predicted octanol–water partition coefficient (Wildman–Crippen LogP) is 4.29. The van der Waals surface area contributed by atoms with Crippen molar-refractivity contribution in [1.29, 1.82) is 0 Å². The Morgan fingerprint density at radius 1 is 1.29 bits per heavy atom. The van der Waals surface area contributed by atoms with E-state index in [1.165, 1.54) is 0 Å². The average Bonchev–Trinajstić information content (AvgIpc) is 3.47. The van der Waals surface area contributed by atoms with E-state index in [1.807, 2.05) is 53.0 Å². The molecule has 0 radical (unpaired) electrons. The van der Waals surface area contributed by atoms with Gasteiger partial charge in [-0.3, -0.25) is 4.79 Å². The molecule has 2 aromatic heterocycles. The Hall–Kier alpha value is -2.67. The zero-order valence-electron chi connectivity index (χ0n) is 16.0. The van der Waals surface area contributed by atoms with Gasteiger partial charge >= 0.3 is 0 Å². The van der Waals surface area contributed by atoms with Crippen molar-refractivity contribution in [3.05, 3.63) is 65.9 Å². The Kier molecular flexibility index (Phi) is 5.43. The van der Waals surface area contributed by atoms with E-state index in [1.54, 1.807) is 31.1 Å². The van der Waals surface area contributed by atoms with E-state index in [-0.39, 0.29) is 11.9 Å². The summed E-state index contributed by atoms with van der Waals surface area (Å²) >= 11 is 1.59. The SMILES string of the molecule is COc1ccc(C2CCCN2C(=O)c2ccc(CSc3nccn3C)o2)cc1. The zero-order valence-corrected chi connectivity index (χ0v) is 16.8. The molecule has 1 aliphatic heterocycles. The van der Waals surface area contributed by atoms with Crippen LogP contribution in [-0.4, -0.2) is 34.0 Å². The molecule has 0 aliphatic carbocycles. The Morgan fingerprint density at radius 2 is 2.11 bits per heavy atom. The fourth-order valence-electron chi connectivity index (χ4n) is 3.52. The van der Waals surface area contributed by atoms with Crippen LogP contribution in [0.5, 0.6) is 5.75 Å². The minimum Gasteiger partial charge on any atom is -0.497 e. The summed E-state index contributed by atoms with van der Waals surface area (Å²) in [6.45, 7) is 0.744. The van der Waals surface area contributed by atoms with Crippen LogP contribution in [0, 0.1) is 0 Å². The molecule has 1 fully saturated rings. The third kappa shape index (κ3) is 3.80. The van der Waals surface area contributed by atoms with Gasteiger partial charge in [0.25, 0.3) is 5.91 Å². The number of thioether (sulfide) groups is 1. The molecule has 0 spiro atoms. The minimum atomic E-state index is -0.0495. The van der Waals surface area contributed by atoms with Crippen molar-refractivity contribution < 1.29 is 13.9 Å². The molecule has 1 amide bonds. The number of aromatic nitrogens is 2. The standard InChI is InChI=1S/C21H23N3O3S/c1-23-13-11-22-21(23)28-14-17-9-10-19(27-17)20(25)24-12-3-4-18(24)15-5-7-16(26-2)8-6-15/h5-11,13,18H,3-4,12,14H2,1-2H3.